The lowest BCUT2D eigenvalue weighted by Gasteiger charge is -2.35. The van der Waals surface area contributed by atoms with Crippen molar-refractivity contribution in [2.24, 2.45) is 0 Å². The molecule has 9 heteroatoms. The maximum atomic E-state index is 13.7. The molecule has 108 valence electrons. The lowest BCUT2D eigenvalue weighted by Crippen LogP contribution is -2.58. The maximum Gasteiger partial charge on any atom is 0.253 e. The molecular weight excluding hydrogens is 282 g/mol. The number of rotatable bonds is 2. The first-order valence-electron chi connectivity index (χ1n) is 5.67. The molecule has 1 N–H and O–H groups in total. The first-order chi connectivity index (χ1) is 9.36. The molecule has 2 rings (SSSR count). The average molecular weight is 291 g/mol. The predicted octanol–water partition coefficient (Wildman–Crippen LogP) is 0.879. The van der Waals surface area contributed by atoms with Gasteiger partial charge < -0.3 is 4.90 Å². The molecule has 1 fully saturated rings. The van der Waals surface area contributed by atoms with E-state index in [2.05, 4.69) is 4.98 Å². The molecule has 2 amide bonds. The topological polar surface area (TPSA) is 62.3 Å². The molecule has 1 aromatic rings. The van der Waals surface area contributed by atoms with Crippen LogP contribution in [-0.4, -0.2) is 29.4 Å². The third-order valence-electron chi connectivity index (χ3n) is 2.90. The first kappa shape index (κ1) is 14.2. The predicted molar refractivity (Wildman–Crippen MR) is 58.6 cm³/mol. The monoisotopic (exact) mass is 291 g/mol. The normalized spacial score (nSPS) is 19.2. The van der Waals surface area contributed by atoms with Crippen molar-refractivity contribution in [3.05, 3.63) is 23.5 Å². The molecule has 1 atom stereocenters. The third-order valence-corrected chi connectivity index (χ3v) is 2.90. The van der Waals surface area contributed by atoms with Crippen molar-refractivity contribution in [3.8, 4) is 0 Å². The minimum atomic E-state index is -1.84. The van der Waals surface area contributed by atoms with Crippen molar-refractivity contribution in [3.63, 3.8) is 0 Å². The van der Waals surface area contributed by atoms with Gasteiger partial charge >= 0.3 is 0 Å². The van der Waals surface area contributed by atoms with Gasteiger partial charge in [0, 0.05) is 0 Å². The van der Waals surface area contributed by atoms with Crippen LogP contribution in [-0.2, 0) is 9.59 Å². The molecule has 1 aromatic heterocycles. The fourth-order valence-electron chi connectivity index (χ4n) is 2.04. The number of hydrogen-bond donors (Lipinski definition) is 1. The summed E-state index contributed by atoms with van der Waals surface area (Å²) in [7, 11) is 0. The average Bonchev–Trinajstić information content (AvgIpc) is 2.36. The fraction of sp³-hybridized carbons (Fsp3) is 0.364. The van der Waals surface area contributed by atoms with Crippen LogP contribution in [0.1, 0.15) is 13.3 Å². The Hall–Kier alpha value is -2.19. The number of halogens is 4. The second kappa shape index (κ2) is 5.06. The molecule has 0 spiro atoms. The highest BCUT2D eigenvalue weighted by molar-refractivity contribution is 6.04. The largest absolute Gasteiger partial charge is 0.345 e. The van der Waals surface area contributed by atoms with E-state index >= 15 is 0 Å². The molecule has 0 saturated carbocycles. The number of pyridine rings is 1. The molecule has 1 unspecified atom stereocenters. The zero-order valence-corrected chi connectivity index (χ0v) is 10.2. The molecule has 0 bridgehead atoms. The standard InChI is InChI=1S/C11H9F4N3O2/c1-2-4-11(20)16-5(19)3-18(4)8-6(12)9(14)17-10(15)7(8)13/h4H,2-3H2,1H3,(H,16,19,20). The van der Waals surface area contributed by atoms with Crippen molar-refractivity contribution in [1.29, 1.82) is 0 Å². The van der Waals surface area contributed by atoms with Crippen LogP contribution in [0.25, 0.3) is 0 Å². The number of aromatic nitrogens is 1. The van der Waals surface area contributed by atoms with Crippen molar-refractivity contribution in [2.45, 2.75) is 19.4 Å². The highest BCUT2D eigenvalue weighted by Gasteiger charge is 2.37. The summed E-state index contributed by atoms with van der Waals surface area (Å²) in [6, 6.07) is -1.11. The quantitative estimate of drug-likeness (QED) is 0.499. The molecule has 1 saturated heterocycles. The van der Waals surface area contributed by atoms with Gasteiger partial charge in [-0.2, -0.15) is 22.5 Å². The Morgan fingerprint density at radius 1 is 1.20 bits per heavy atom. The zero-order valence-electron chi connectivity index (χ0n) is 10.2. The minimum Gasteiger partial charge on any atom is -0.345 e. The second-order valence-electron chi connectivity index (χ2n) is 4.13. The van der Waals surface area contributed by atoms with E-state index in [0.29, 0.717) is 4.90 Å². The Morgan fingerprint density at radius 2 is 1.75 bits per heavy atom. The summed E-state index contributed by atoms with van der Waals surface area (Å²) in [5.41, 5.74) is -1.11. The van der Waals surface area contributed by atoms with Gasteiger partial charge in [-0.15, -0.1) is 0 Å². The van der Waals surface area contributed by atoms with Crippen molar-refractivity contribution in [2.75, 3.05) is 11.4 Å². The van der Waals surface area contributed by atoms with Gasteiger partial charge in [0.05, 0.1) is 6.54 Å². The van der Waals surface area contributed by atoms with Gasteiger partial charge in [-0.1, -0.05) is 6.92 Å². The SMILES string of the molecule is CCC1C(=O)NC(=O)CN1c1c(F)c(F)nc(F)c1F. The maximum absolute atomic E-state index is 13.7. The van der Waals surface area contributed by atoms with Gasteiger partial charge in [0.2, 0.25) is 23.4 Å². The van der Waals surface area contributed by atoms with E-state index in [1.54, 1.807) is 0 Å². The fourth-order valence-corrected chi connectivity index (χ4v) is 2.04. The second-order valence-corrected chi connectivity index (χ2v) is 4.13. The molecule has 20 heavy (non-hydrogen) atoms. The van der Waals surface area contributed by atoms with Gasteiger partial charge in [-0.3, -0.25) is 14.9 Å². The van der Waals surface area contributed by atoms with Crippen molar-refractivity contribution >= 4 is 17.5 Å². The number of carbonyl (C=O) groups excluding carboxylic acids is 2. The molecule has 1 aliphatic heterocycles. The molecule has 0 radical (unpaired) electrons. The number of anilines is 1. The van der Waals surface area contributed by atoms with Crippen LogP contribution in [0.4, 0.5) is 23.2 Å². The highest BCUT2D eigenvalue weighted by Crippen LogP contribution is 2.29. The number of hydrogen-bond acceptors (Lipinski definition) is 4. The van der Waals surface area contributed by atoms with Crippen molar-refractivity contribution < 1.29 is 27.2 Å². The van der Waals surface area contributed by atoms with Gasteiger partial charge in [-0.25, -0.2) is 0 Å². The third kappa shape index (κ3) is 2.19. The van der Waals surface area contributed by atoms with Crippen molar-refractivity contribution in [1.82, 2.24) is 10.3 Å². The molecule has 5 nitrogen and oxygen atoms in total. The Bertz CT molecular complexity index is 567. The lowest BCUT2D eigenvalue weighted by molar-refractivity contribution is -0.132. The Balaban J connectivity index is 2.59. The summed E-state index contributed by atoms with van der Waals surface area (Å²) in [6.45, 7) is 0.928. The Labute approximate surface area is 110 Å². The van der Waals surface area contributed by atoms with Crippen LogP contribution < -0.4 is 10.2 Å². The van der Waals surface area contributed by atoms with Crippen LogP contribution in [0.2, 0.25) is 0 Å². The number of nitrogens with one attached hydrogen (secondary N) is 1. The number of nitrogens with zero attached hydrogens (tertiary/aromatic N) is 2. The summed E-state index contributed by atoms with van der Waals surface area (Å²) in [5, 5.41) is 1.98. The van der Waals surface area contributed by atoms with E-state index in [0.717, 1.165) is 0 Å². The van der Waals surface area contributed by atoms with E-state index in [-0.39, 0.29) is 6.42 Å². The smallest absolute Gasteiger partial charge is 0.253 e. The summed E-state index contributed by atoms with van der Waals surface area (Å²) in [4.78, 5) is 26.0. The van der Waals surface area contributed by atoms with E-state index in [9.17, 15) is 27.2 Å². The zero-order chi connectivity index (χ0) is 15.0. The van der Waals surface area contributed by atoms with Crippen LogP contribution >= 0.6 is 0 Å². The van der Waals surface area contributed by atoms with Gasteiger partial charge in [0.15, 0.2) is 0 Å². The first-order valence-corrected chi connectivity index (χ1v) is 5.67. The van der Waals surface area contributed by atoms with E-state index in [1.165, 1.54) is 6.92 Å². The summed E-state index contributed by atoms with van der Waals surface area (Å²) >= 11 is 0. The van der Waals surface area contributed by atoms with Gasteiger partial charge in [-0.05, 0) is 6.42 Å². The van der Waals surface area contributed by atoms with Crippen LogP contribution in [0, 0.1) is 23.5 Å². The number of piperazine rings is 1. The van der Waals surface area contributed by atoms with Crippen LogP contribution in [0.15, 0.2) is 0 Å². The Kier molecular flexibility index (Phi) is 3.60. The van der Waals surface area contributed by atoms with Crippen LogP contribution in [0.5, 0.6) is 0 Å². The van der Waals surface area contributed by atoms with E-state index in [1.807, 2.05) is 5.32 Å². The van der Waals surface area contributed by atoms with Gasteiger partial charge in [0.1, 0.15) is 11.7 Å². The van der Waals surface area contributed by atoms with E-state index < -0.39 is 53.6 Å². The molecular formula is C11H9F4N3O2. The summed E-state index contributed by atoms with van der Waals surface area (Å²) in [6.07, 6.45) is 0.0869. The molecule has 2 heterocycles. The van der Waals surface area contributed by atoms with Gasteiger partial charge in [0.25, 0.3) is 11.9 Å². The Morgan fingerprint density at radius 3 is 2.25 bits per heavy atom. The van der Waals surface area contributed by atoms with E-state index in [4.69, 9.17) is 0 Å². The van der Waals surface area contributed by atoms with Crippen LogP contribution in [0.3, 0.4) is 0 Å². The summed E-state index contributed by atoms with van der Waals surface area (Å²) < 4.78 is 53.5. The summed E-state index contributed by atoms with van der Waals surface area (Å²) in [5.74, 6) is -8.79. The minimum absolute atomic E-state index is 0.0869. The number of amides is 2. The molecule has 1 aliphatic rings. The number of carbonyl (C=O) groups is 2. The number of imide groups is 1. The highest BCUT2D eigenvalue weighted by atomic mass is 19.2. The molecule has 0 aliphatic carbocycles. The lowest BCUT2D eigenvalue weighted by atomic mass is 10.1. The molecule has 0 aromatic carbocycles.